The van der Waals surface area contributed by atoms with Crippen molar-refractivity contribution in [3.05, 3.63) is 54.1 Å². The number of methoxy groups -OCH3 is 1. The minimum absolute atomic E-state index is 0.604. The first-order chi connectivity index (χ1) is 8.86. The molecule has 2 heteroatoms. The zero-order chi connectivity index (χ0) is 12.5. The van der Waals surface area contributed by atoms with Crippen molar-refractivity contribution in [3.8, 4) is 11.8 Å². The Morgan fingerprint density at radius 3 is 1.89 bits per heavy atom. The maximum absolute atomic E-state index is 9.38. The van der Waals surface area contributed by atoms with Gasteiger partial charge < -0.3 is 4.74 Å². The van der Waals surface area contributed by atoms with Gasteiger partial charge in [-0.25, -0.2) is 0 Å². The molecule has 0 heterocycles. The number of rotatable bonds is 1. The van der Waals surface area contributed by atoms with Crippen molar-refractivity contribution >= 4 is 21.5 Å². The molecular formula is C16H11NO. The fraction of sp³-hybridized carbons (Fsp3) is 0.0625. The summed E-state index contributed by atoms with van der Waals surface area (Å²) in [6.45, 7) is 0. The number of hydrogen-bond acceptors (Lipinski definition) is 2. The van der Waals surface area contributed by atoms with Crippen LogP contribution < -0.4 is 4.74 Å². The van der Waals surface area contributed by atoms with E-state index < -0.39 is 0 Å². The smallest absolute Gasteiger partial charge is 0.145 e. The molecule has 0 aliphatic carbocycles. The van der Waals surface area contributed by atoms with Crippen molar-refractivity contribution < 1.29 is 4.74 Å². The Morgan fingerprint density at radius 1 is 0.833 bits per heavy atom. The van der Waals surface area contributed by atoms with Crippen LogP contribution in [0.1, 0.15) is 5.56 Å². The van der Waals surface area contributed by atoms with Crippen molar-refractivity contribution in [1.82, 2.24) is 0 Å². The van der Waals surface area contributed by atoms with Gasteiger partial charge in [0, 0.05) is 10.8 Å². The summed E-state index contributed by atoms with van der Waals surface area (Å²) in [6, 6.07) is 18.2. The Hall–Kier alpha value is -2.53. The predicted molar refractivity (Wildman–Crippen MR) is 72.7 cm³/mol. The molecule has 0 spiro atoms. The maximum Gasteiger partial charge on any atom is 0.145 e. The third kappa shape index (κ3) is 1.34. The van der Waals surface area contributed by atoms with Gasteiger partial charge in [0.05, 0.1) is 7.11 Å². The summed E-state index contributed by atoms with van der Waals surface area (Å²) >= 11 is 0. The Bertz CT molecular complexity index is 784. The molecule has 0 aromatic heterocycles. The molecule has 86 valence electrons. The number of nitriles is 1. The summed E-state index contributed by atoms with van der Waals surface area (Å²) in [5.41, 5.74) is 0.604. The highest BCUT2D eigenvalue weighted by molar-refractivity contribution is 6.13. The molecule has 0 aliphatic rings. The monoisotopic (exact) mass is 233 g/mol. The van der Waals surface area contributed by atoms with Crippen molar-refractivity contribution in [2.24, 2.45) is 0 Å². The van der Waals surface area contributed by atoms with Gasteiger partial charge >= 0.3 is 0 Å². The van der Waals surface area contributed by atoms with E-state index in [-0.39, 0.29) is 0 Å². The fourth-order valence-corrected chi connectivity index (χ4v) is 2.43. The zero-order valence-electron chi connectivity index (χ0n) is 9.97. The first kappa shape index (κ1) is 10.6. The highest BCUT2D eigenvalue weighted by atomic mass is 16.5. The van der Waals surface area contributed by atoms with E-state index in [1.807, 2.05) is 42.5 Å². The lowest BCUT2D eigenvalue weighted by Crippen LogP contribution is -1.92. The molecule has 3 aromatic carbocycles. The summed E-state index contributed by atoms with van der Waals surface area (Å²) < 4.78 is 5.44. The molecule has 0 aliphatic heterocycles. The third-order valence-corrected chi connectivity index (χ3v) is 3.20. The minimum Gasteiger partial charge on any atom is -0.495 e. The van der Waals surface area contributed by atoms with Gasteiger partial charge in [-0.2, -0.15) is 5.26 Å². The standard InChI is InChI=1S/C16H11NO/c1-18-16-14-9-5-4-7-12(14)11-6-2-3-8-13(11)15(16)10-17/h2-9H,1H3. The molecule has 0 bridgehead atoms. The van der Waals surface area contributed by atoms with E-state index in [2.05, 4.69) is 12.1 Å². The van der Waals surface area contributed by atoms with Crippen LogP contribution in [0.25, 0.3) is 21.5 Å². The summed E-state index contributed by atoms with van der Waals surface area (Å²) in [6.07, 6.45) is 0. The molecule has 2 nitrogen and oxygen atoms in total. The van der Waals surface area contributed by atoms with Crippen molar-refractivity contribution in [3.63, 3.8) is 0 Å². The maximum atomic E-state index is 9.38. The van der Waals surface area contributed by atoms with Crippen LogP contribution >= 0.6 is 0 Å². The first-order valence-corrected chi connectivity index (χ1v) is 5.74. The molecule has 0 unspecified atom stereocenters. The molecule has 3 rings (SSSR count). The van der Waals surface area contributed by atoms with Gasteiger partial charge in [-0.3, -0.25) is 0 Å². The van der Waals surface area contributed by atoms with Gasteiger partial charge in [-0.15, -0.1) is 0 Å². The van der Waals surface area contributed by atoms with Gasteiger partial charge in [0.25, 0.3) is 0 Å². The average molecular weight is 233 g/mol. The van der Waals surface area contributed by atoms with Crippen LogP contribution in [-0.4, -0.2) is 7.11 Å². The van der Waals surface area contributed by atoms with Crippen LogP contribution in [0.15, 0.2) is 48.5 Å². The highest BCUT2D eigenvalue weighted by Crippen LogP contribution is 2.37. The van der Waals surface area contributed by atoms with Gasteiger partial charge in [-0.05, 0) is 10.8 Å². The fourth-order valence-electron chi connectivity index (χ4n) is 2.43. The molecule has 0 saturated carbocycles. The lowest BCUT2D eigenvalue weighted by atomic mass is 9.96. The minimum atomic E-state index is 0.604. The van der Waals surface area contributed by atoms with E-state index in [4.69, 9.17) is 4.74 Å². The molecular weight excluding hydrogens is 222 g/mol. The Balaban J connectivity index is 2.67. The second-order valence-electron chi connectivity index (χ2n) is 4.11. The third-order valence-electron chi connectivity index (χ3n) is 3.20. The van der Waals surface area contributed by atoms with Gasteiger partial charge in [-0.1, -0.05) is 48.5 Å². The van der Waals surface area contributed by atoms with E-state index >= 15 is 0 Å². The summed E-state index contributed by atoms with van der Waals surface area (Å²) in [5, 5.41) is 13.5. The molecule has 0 N–H and O–H groups in total. The van der Waals surface area contributed by atoms with Crippen LogP contribution in [0.5, 0.6) is 5.75 Å². The van der Waals surface area contributed by atoms with Crippen molar-refractivity contribution in [2.45, 2.75) is 0 Å². The second-order valence-corrected chi connectivity index (χ2v) is 4.11. The van der Waals surface area contributed by atoms with Crippen molar-refractivity contribution in [2.75, 3.05) is 7.11 Å². The first-order valence-electron chi connectivity index (χ1n) is 5.74. The molecule has 0 fully saturated rings. The topological polar surface area (TPSA) is 33.0 Å². The Morgan fingerprint density at radius 2 is 1.33 bits per heavy atom. The molecule has 3 aromatic rings. The van der Waals surface area contributed by atoms with Gasteiger partial charge in [0.2, 0.25) is 0 Å². The molecule has 0 amide bonds. The summed E-state index contributed by atoms with van der Waals surface area (Å²) in [4.78, 5) is 0. The molecule has 0 atom stereocenters. The predicted octanol–water partition coefficient (Wildman–Crippen LogP) is 3.87. The number of benzene rings is 3. The van der Waals surface area contributed by atoms with E-state index in [9.17, 15) is 5.26 Å². The highest BCUT2D eigenvalue weighted by Gasteiger charge is 2.13. The lowest BCUT2D eigenvalue weighted by molar-refractivity contribution is 0.419. The van der Waals surface area contributed by atoms with Gasteiger partial charge in [0.15, 0.2) is 0 Å². The van der Waals surface area contributed by atoms with E-state index in [1.165, 1.54) is 0 Å². The SMILES string of the molecule is COc1c(C#N)c2ccccc2c2ccccc12. The molecule has 0 saturated heterocycles. The number of ether oxygens (including phenoxy) is 1. The van der Waals surface area contributed by atoms with E-state index in [0.29, 0.717) is 11.3 Å². The largest absolute Gasteiger partial charge is 0.495 e. The Labute approximate surface area is 105 Å². The number of nitrogens with zero attached hydrogens (tertiary/aromatic N) is 1. The average Bonchev–Trinajstić information content (AvgIpc) is 2.45. The van der Waals surface area contributed by atoms with E-state index in [1.54, 1.807) is 7.11 Å². The lowest BCUT2D eigenvalue weighted by Gasteiger charge is -2.11. The quantitative estimate of drug-likeness (QED) is 0.598. The molecule has 0 radical (unpaired) electrons. The Kier molecular flexibility index (Phi) is 2.39. The number of hydrogen-bond donors (Lipinski definition) is 0. The summed E-state index contributed by atoms with van der Waals surface area (Å²) in [7, 11) is 1.61. The van der Waals surface area contributed by atoms with E-state index in [0.717, 1.165) is 21.5 Å². The van der Waals surface area contributed by atoms with Crippen LogP contribution in [0.3, 0.4) is 0 Å². The van der Waals surface area contributed by atoms with Crippen molar-refractivity contribution in [1.29, 1.82) is 5.26 Å². The summed E-state index contributed by atoms with van der Waals surface area (Å²) in [5.74, 6) is 0.659. The van der Waals surface area contributed by atoms with Crippen LogP contribution in [0.4, 0.5) is 0 Å². The van der Waals surface area contributed by atoms with Crippen LogP contribution in [-0.2, 0) is 0 Å². The second kappa shape index (κ2) is 4.05. The zero-order valence-corrected chi connectivity index (χ0v) is 9.97. The van der Waals surface area contributed by atoms with Gasteiger partial charge in [0.1, 0.15) is 17.4 Å². The number of fused-ring (bicyclic) bond motifs is 3. The molecule has 18 heavy (non-hydrogen) atoms. The van der Waals surface area contributed by atoms with Crippen LogP contribution in [0.2, 0.25) is 0 Å². The van der Waals surface area contributed by atoms with Crippen LogP contribution in [0, 0.1) is 11.3 Å². The normalized spacial score (nSPS) is 10.4.